The smallest absolute Gasteiger partial charge is 0.336 e. The van der Waals surface area contributed by atoms with Crippen LogP contribution in [0.4, 0.5) is 5.69 Å². The van der Waals surface area contributed by atoms with Crippen LogP contribution in [0.1, 0.15) is 21.5 Å². The quantitative estimate of drug-likeness (QED) is 0.306. The lowest BCUT2D eigenvalue weighted by Gasteiger charge is -2.10. The number of fused-ring (bicyclic) bond motifs is 1. The first-order chi connectivity index (χ1) is 12.0. The summed E-state index contributed by atoms with van der Waals surface area (Å²) in [5.74, 6) is 0.203. The number of aldehydes is 1. The van der Waals surface area contributed by atoms with Gasteiger partial charge in [0.05, 0.1) is 10.5 Å². The van der Waals surface area contributed by atoms with E-state index >= 15 is 0 Å². The summed E-state index contributed by atoms with van der Waals surface area (Å²) in [6.07, 6.45) is 0.489. The van der Waals surface area contributed by atoms with Crippen molar-refractivity contribution in [3.8, 4) is 5.75 Å². The topological polar surface area (TPSA) is 99.6 Å². The van der Waals surface area contributed by atoms with E-state index in [4.69, 9.17) is 9.15 Å². The van der Waals surface area contributed by atoms with Crippen LogP contribution in [-0.4, -0.2) is 11.2 Å². The molecule has 2 aromatic carbocycles. The summed E-state index contributed by atoms with van der Waals surface area (Å²) < 4.78 is 10.8. The summed E-state index contributed by atoms with van der Waals surface area (Å²) in [6.45, 7) is 1.90. The zero-order valence-electron chi connectivity index (χ0n) is 13.2. The third-order valence-electron chi connectivity index (χ3n) is 3.70. The number of nitro groups is 1. The Balaban J connectivity index is 1.94. The molecule has 0 bridgehead atoms. The zero-order chi connectivity index (χ0) is 18.0. The normalized spacial score (nSPS) is 10.6. The number of aryl methyl sites for hydroxylation is 1. The van der Waals surface area contributed by atoms with Crippen molar-refractivity contribution in [2.75, 3.05) is 0 Å². The molecule has 0 spiro atoms. The molecule has 0 aliphatic rings. The second-order valence-corrected chi connectivity index (χ2v) is 5.48. The molecule has 0 atom stereocenters. The van der Waals surface area contributed by atoms with Crippen molar-refractivity contribution in [2.45, 2.75) is 13.5 Å². The maximum atomic E-state index is 11.7. The number of nitrogens with zero attached hydrogens (tertiary/aromatic N) is 1. The van der Waals surface area contributed by atoms with Gasteiger partial charge in [-0.05, 0) is 24.6 Å². The summed E-state index contributed by atoms with van der Waals surface area (Å²) in [6, 6.07) is 10.5. The molecule has 0 saturated carbocycles. The number of carbonyl (C=O) groups is 1. The predicted octanol–water partition coefficient (Wildman–Crippen LogP) is 3.40. The molecular formula is C18H13NO6. The molecule has 0 unspecified atom stereocenters. The van der Waals surface area contributed by atoms with Crippen LogP contribution >= 0.6 is 0 Å². The van der Waals surface area contributed by atoms with Crippen molar-refractivity contribution >= 4 is 22.9 Å². The van der Waals surface area contributed by atoms with Gasteiger partial charge in [0, 0.05) is 29.1 Å². The van der Waals surface area contributed by atoms with Crippen molar-refractivity contribution in [1.82, 2.24) is 0 Å². The highest BCUT2D eigenvalue weighted by Gasteiger charge is 2.13. The van der Waals surface area contributed by atoms with Gasteiger partial charge in [-0.2, -0.15) is 0 Å². The largest absolute Gasteiger partial charge is 0.488 e. The predicted molar refractivity (Wildman–Crippen MR) is 90.0 cm³/mol. The van der Waals surface area contributed by atoms with Gasteiger partial charge in [0.15, 0.2) is 6.29 Å². The second kappa shape index (κ2) is 6.56. The molecule has 3 rings (SSSR count). The molecule has 0 radical (unpaired) electrons. The molecule has 0 N–H and O–H groups in total. The first-order valence-corrected chi connectivity index (χ1v) is 7.38. The van der Waals surface area contributed by atoms with Crippen molar-refractivity contribution < 1.29 is 18.9 Å². The molecule has 0 saturated heterocycles. The maximum absolute atomic E-state index is 11.7. The molecule has 25 heavy (non-hydrogen) atoms. The fourth-order valence-electron chi connectivity index (χ4n) is 2.49. The molecule has 0 aliphatic heterocycles. The van der Waals surface area contributed by atoms with Crippen LogP contribution in [0.5, 0.6) is 5.75 Å². The fourth-order valence-corrected chi connectivity index (χ4v) is 2.49. The molecule has 7 nitrogen and oxygen atoms in total. The Morgan fingerprint density at radius 2 is 2.00 bits per heavy atom. The van der Waals surface area contributed by atoms with E-state index < -0.39 is 10.5 Å². The Morgan fingerprint density at radius 1 is 1.20 bits per heavy atom. The summed E-state index contributed by atoms with van der Waals surface area (Å²) in [5.41, 5.74) is 1.36. The van der Waals surface area contributed by atoms with Crippen molar-refractivity contribution in [3.05, 3.63) is 79.7 Å². The highest BCUT2D eigenvalue weighted by molar-refractivity contribution is 5.82. The number of hydrogen-bond acceptors (Lipinski definition) is 6. The lowest BCUT2D eigenvalue weighted by Crippen LogP contribution is -2.05. The van der Waals surface area contributed by atoms with Gasteiger partial charge < -0.3 is 9.15 Å². The molecule has 0 aliphatic carbocycles. The van der Waals surface area contributed by atoms with Gasteiger partial charge in [0.25, 0.3) is 5.69 Å². The van der Waals surface area contributed by atoms with E-state index in [1.165, 1.54) is 18.2 Å². The molecule has 0 fully saturated rings. The number of benzene rings is 2. The average Bonchev–Trinajstić information content (AvgIpc) is 2.58. The van der Waals surface area contributed by atoms with Crippen LogP contribution in [-0.2, 0) is 6.61 Å². The van der Waals surface area contributed by atoms with Crippen molar-refractivity contribution in [1.29, 1.82) is 0 Å². The Kier molecular flexibility index (Phi) is 4.30. The Hall–Kier alpha value is -3.48. The molecule has 0 amide bonds. The first kappa shape index (κ1) is 16.4. The summed E-state index contributed by atoms with van der Waals surface area (Å²) in [7, 11) is 0. The molecule has 7 heteroatoms. The minimum absolute atomic E-state index is 0.0177. The van der Waals surface area contributed by atoms with Gasteiger partial charge in [-0.25, -0.2) is 4.79 Å². The number of non-ortho nitro benzene ring substituents is 1. The van der Waals surface area contributed by atoms with E-state index in [1.807, 2.05) is 19.1 Å². The third-order valence-corrected chi connectivity index (χ3v) is 3.70. The van der Waals surface area contributed by atoms with Crippen LogP contribution in [0.2, 0.25) is 0 Å². The lowest BCUT2D eigenvalue weighted by atomic mass is 10.1. The number of ether oxygens (including phenoxy) is 1. The highest BCUT2D eigenvalue weighted by Crippen LogP contribution is 2.25. The highest BCUT2D eigenvalue weighted by atomic mass is 16.6. The van der Waals surface area contributed by atoms with E-state index in [2.05, 4.69) is 0 Å². The summed E-state index contributed by atoms with van der Waals surface area (Å²) >= 11 is 0. The van der Waals surface area contributed by atoms with Gasteiger partial charge in [0.2, 0.25) is 0 Å². The fraction of sp³-hybridized carbons (Fsp3) is 0.111. The van der Waals surface area contributed by atoms with Gasteiger partial charge in [-0.15, -0.1) is 0 Å². The van der Waals surface area contributed by atoms with Crippen LogP contribution in [0, 0.1) is 17.0 Å². The van der Waals surface area contributed by atoms with Crippen LogP contribution < -0.4 is 10.4 Å². The molecule has 3 aromatic rings. The van der Waals surface area contributed by atoms with E-state index in [9.17, 15) is 19.7 Å². The van der Waals surface area contributed by atoms with E-state index in [-0.39, 0.29) is 23.6 Å². The van der Waals surface area contributed by atoms with E-state index in [0.717, 1.165) is 17.0 Å². The van der Waals surface area contributed by atoms with Gasteiger partial charge in [-0.3, -0.25) is 14.9 Å². The number of rotatable bonds is 5. The Morgan fingerprint density at radius 3 is 2.72 bits per heavy atom. The third kappa shape index (κ3) is 3.40. The van der Waals surface area contributed by atoms with Gasteiger partial charge in [0.1, 0.15) is 17.9 Å². The maximum Gasteiger partial charge on any atom is 0.336 e. The second-order valence-electron chi connectivity index (χ2n) is 5.48. The summed E-state index contributed by atoms with van der Waals surface area (Å²) in [4.78, 5) is 33.1. The van der Waals surface area contributed by atoms with Crippen LogP contribution in [0.25, 0.3) is 11.0 Å². The van der Waals surface area contributed by atoms with E-state index in [1.54, 1.807) is 6.07 Å². The number of hydrogen-bond donors (Lipinski definition) is 0. The van der Waals surface area contributed by atoms with Gasteiger partial charge >= 0.3 is 5.63 Å². The Labute approximate surface area is 141 Å². The van der Waals surface area contributed by atoms with Crippen LogP contribution in [0.15, 0.2) is 51.7 Å². The van der Waals surface area contributed by atoms with E-state index in [0.29, 0.717) is 17.4 Å². The first-order valence-electron chi connectivity index (χ1n) is 7.38. The number of carbonyl (C=O) groups excluding carboxylic acids is 1. The van der Waals surface area contributed by atoms with Crippen molar-refractivity contribution in [3.63, 3.8) is 0 Å². The molecule has 1 heterocycles. The monoisotopic (exact) mass is 339 g/mol. The number of nitro benzene ring substituents is 1. The van der Waals surface area contributed by atoms with Gasteiger partial charge in [-0.1, -0.05) is 12.1 Å². The minimum atomic E-state index is -0.588. The standard InChI is InChI=1S/C18H13NO6/c1-11-2-4-15-13(8-18(21)25-17(15)6-11)10-24-16-5-3-14(19(22)23)7-12(16)9-20/h2-9H,10H2,1H3. The van der Waals surface area contributed by atoms with Crippen LogP contribution in [0.3, 0.4) is 0 Å². The molecular weight excluding hydrogens is 326 g/mol. The summed E-state index contributed by atoms with van der Waals surface area (Å²) in [5, 5.41) is 11.5. The lowest BCUT2D eigenvalue weighted by molar-refractivity contribution is -0.384. The molecule has 1 aromatic heterocycles. The Bertz CT molecular complexity index is 1040. The molecule has 126 valence electrons. The average molecular weight is 339 g/mol. The minimum Gasteiger partial charge on any atom is -0.488 e. The zero-order valence-corrected chi connectivity index (χ0v) is 13.2. The SMILES string of the molecule is Cc1ccc2c(COc3ccc([N+](=O)[O-])cc3C=O)cc(=O)oc2c1. The van der Waals surface area contributed by atoms with Crippen molar-refractivity contribution in [2.24, 2.45) is 0 Å².